The van der Waals surface area contributed by atoms with Crippen molar-refractivity contribution in [2.24, 2.45) is 5.92 Å². The molecule has 6 aromatic carbocycles. The molecule has 56 heavy (non-hydrogen) atoms. The van der Waals surface area contributed by atoms with Crippen molar-refractivity contribution in [3.63, 3.8) is 0 Å². The molecule has 4 nitrogen and oxygen atoms in total. The zero-order chi connectivity index (χ0) is 39.1. The highest BCUT2D eigenvalue weighted by Gasteiger charge is 2.24. The van der Waals surface area contributed by atoms with Crippen LogP contribution in [0.1, 0.15) is 56.9 Å². The molecule has 0 fully saturated rings. The third kappa shape index (κ3) is 7.15. The van der Waals surface area contributed by atoms with Gasteiger partial charge in [0.05, 0.1) is 22.3 Å². The molecular formula is C52H49N3O. The number of aromatic hydroxyl groups is 1. The molecule has 4 heteroatoms. The van der Waals surface area contributed by atoms with E-state index in [4.69, 9.17) is 9.97 Å². The number of hydrogen-bond acceptors (Lipinski definition) is 3. The van der Waals surface area contributed by atoms with Crippen LogP contribution in [0.3, 0.4) is 0 Å². The minimum absolute atomic E-state index is 0.113. The summed E-state index contributed by atoms with van der Waals surface area (Å²) in [5.74, 6) is 1.43. The fraction of sp³-hybridized carbons (Fsp3) is 0.192. The Balaban J connectivity index is 1.38. The van der Waals surface area contributed by atoms with E-state index in [1.54, 1.807) is 0 Å². The van der Waals surface area contributed by atoms with Crippen LogP contribution < -0.4 is 0 Å². The van der Waals surface area contributed by atoms with E-state index in [2.05, 4.69) is 174 Å². The second-order valence-electron chi connectivity index (χ2n) is 16.6. The molecule has 278 valence electrons. The van der Waals surface area contributed by atoms with Gasteiger partial charge in [-0.1, -0.05) is 126 Å². The first-order chi connectivity index (χ1) is 26.9. The summed E-state index contributed by atoms with van der Waals surface area (Å²) in [7, 11) is 0. The summed E-state index contributed by atoms with van der Waals surface area (Å²) < 4.78 is 2.24. The predicted octanol–water partition coefficient (Wildman–Crippen LogP) is 13.6. The van der Waals surface area contributed by atoms with Gasteiger partial charge in [0, 0.05) is 23.0 Å². The molecule has 8 rings (SSSR count). The SMILES string of the molecule is Cc1cc(C)c(O)c(-c2nc3c(-c4cc(-c5cc(-c6ccccc6)ccn5)cc(C(C)(C)C)c4)cccc3n2-c2ccc(-c3ccccc3)c(CC(C)C)c2)c1. The maximum Gasteiger partial charge on any atom is 0.149 e. The number of aromatic nitrogens is 3. The second kappa shape index (κ2) is 14.8. The highest BCUT2D eigenvalue weighted by molar-refractivity contribution is 5.97. The first kappa shape index (κ1) is 36.7. The van der Waals surface area contributed by atoms with Crippen molar-refractivity contribution in [2.75, 3.05) is 0 Å². The molecule has 8 aromatic rings. The van der Waals surface area contributed by atoms with E-state index in [1.807, 2.05) is 25.3 Å². The molecule has 1 N–H and O–H groups in total. The van der Waals surface area contributed by atoms with Crippen LogP contribution in [0, 0.1) is 19.8 Å². The number of phenols is 1. The Labute approximate surface area is 331 Å². The average molecular weight is 732 g/mol. The lowest BCUT2D eigenvalue weighted by Crippen LogP contribution is -2.11. The molecule has 0 atom stereocenters. The van der Waals surface area contributed by atoms with Crippen LogP contribution in [0.4, 0.5) is 0 Å². The summed E-state index contributed by atoms with van der Waals surface area (Å²) in [6, 6.07) is 49.5. The summed E-state index contributed by atoms with van der Waals surface area (Å²) in [6.45, 7) is 15.3. The average Bonchev–Trinajstić information content (AvgIpc) is 3.59. The van der Waals surface area contributed by atoms with Gasteiger partial charge in [-0.25, -0.2) is 4.98 Å². The van der Waals surface area contributed by atoms with Crippen LogP contribution in [0.25, 0.3) is 72.7 Å². The van der Waals surface area contributed by atoms with Crippen LogP contribution in [0.15, 0.2) is 146 Å². The van der Waals surface area contributed by atoms with Crippen LogP contribution >= 0.6 is 0 Å². The molecule has 0 amide bonds. The smallest absolute Gasteiger partial charge is 0.149 e. The largest absolute Gasteiger partial charge is 0.507 e. The maximum atomic E-state index is 11.7. The van der Waals surface area contributed by atoms with Crippen molar-refractivity contribution in [2.45, 2.75) is 60.3 Å². The van der Waals surface area contributed by atoms with Crippen LogP contribution in [-0.2, 0) is 11.8 Å². The Hall–Kier alpha value is -6.26. The fourth-order valence-corrected chi connectivity index (χ4v) is 7.89. The first-order valence-electron chi connectivity index (χ1n) is 19.6. The number of rotatable bonds is 8. The standard InChI is InChI=1S/C52H49N3O/c1-33(2)25-39-31-43(21-22-44(39)37-17-12-9-13-18-37)55-48-20-14-19-45(49(48)54-51(55)46-27-34(3)26-35(4)50(46)56)40-28-41(30-42(29-40)52(5,6)7)47-32-38(23-24-53-47)36-15-10-8-11-16-36/h8-24,26-33,56H,25H2,1-7H3. The molecule has 0 aliphatic rings. The normalized spacial score (nSPS) is 11.8. The molecule has 0 unspecified atom stereocenters. The molecular weight excluding hydrogens is 683 g/mol. The van der Waals surface area contributed by atoms with Gasteiger partial charge in [-0.15, -0.1) is 0 Å². The fourth-order valence-electron chi connectivity index (χ4n) is 7.89. The van der Waals surface area contributed by atoms with Gasteiger partial charge in [-0.2, -0.15) is 0 Å². The molecule has 2 aromatic heterocycles. The highest BCUT2D eigenvalue weighted by atomic mass is 16.3. The lowest BCUT2D eigenvalue weighted by Gasteiger charge is -2.22. The highest BCUT2D eigenvalue weighted by Crippen LogP contribution is 2.42. The van der Waals surface area contributed by atoms with E-state index >= 15 is 0 Å². The lowest BCUT2D eigenvalue weighted by atomic mass is 9.83. The van der Waals surface area contributed by atoms with Gasteiger partial charge < -0.3 is 5.11 Å². The monoisotopic (exact) mass is 731 g/mol. The van der Waals surface area contributed by atoms with E-state index in [9.17, 15) is 5.11 Å². The minimum Gasteiger partial charge on any atom is -0.507 e. The maximum absolute atomic E-state index is 11.7. The molecule has 0 aliphatic heterocycles. The summed E-state index contributed by atoms with van der Waals surface area (Å²) in [5, 5.41) is 11.7. The third-order valence-electron chi connectivity index (χ3n) is 10.7. The zero-order valence-electron chi connectivity index (χ0n) is 33.4. The molecule has 0 spiro atoms. The van der Waals surface area contributed by atoms with E-state index in [0.717, 1.165) is 67.8 Å². The van der Waals surface area contributed by atoms with Gasteiger partial charge in [0.25, 0.3) is 0 Å². The summed E-state index contributed by atoms with van der Waals surface area (Å²) >= 11 is 0. The molecule has 0 bridgehead atoms. The third-order valence-corrected chi connectivity index (χ3v) is 10.7. The van der Waals surface area contributed by atoms with Gasteiger partial charge in [0.1, 0.15) is 11.6 Å². The number of fused-ring (bicyclic) bond motifs is 1. The minimum atomic E-state index is -0.113. The van der Waals surface area contributed by atoms with Crippen molar-refractivity contribution in [3.05, 3.63) is 168 Å². The summed E-state index contributed by atoms with van der Waals surface area (Å²) in [4.78, 5) is 10.4. The zero-order valence-corrected chi connectivity index (χ0v) is 33.4. The number of pyridine rings is 1. The van der Waals surface area contributed by atoms with Gasteiger partial charge in [0.2, 0.25) is 0 Å². The van der Waals surface area contributed by atoms with Gasteiger partial charge >= 0.3 is 0 Å². The quantitative estimate of drug-likeness (QED) is 0.169. The van der Waals surface area contributed by atoms with E-state index in [-0.39, 0.29) is 11.2 Å². The number of aryl methyl sites for hydroxylation is 2. The van der Waals surface area contributed by atoms with Gasteiger partial charge in [-0.05, 0) is 130 Å². The second-order valence-corrected chi connectivity index (χ2v) is 16.6. The Kier molecular flexibility index (Phi) is 9.68. The number of benzene rings is 6. The molecule has 2 heterocycles. The number of imidazole rings is 1. The molecule has 0 radical (unpaired) electrons. The van der Waals surface area contributed by atoms with Crippen molar-refractivity contribution >= 4 is 11.0 Å². The molecule has 0 saturated heterocycles. The summed E-state index contributed by atoms with van der Waals surface area (Å²) in [6.07, 6.45) is 2.84. The Morgan fingerprint density at radius 3 is 2.05 bits per heavy atom. The van der Waals surface area contributed by atoms with Crippen LogP contribution in [-0.4, -0.2) is 19.6 Å². The van der Waals surface area contributed by atoms with Crippen molar-refractivity contribution in [1.29, 1.82) is 0 Å². The van der Waals surface area contributed by atoms with Crippen molar-refractivity contribution in [3.8, 4) is 67.5 Å². The predicted molar refractivity (Wildman–Crippen MR) is 234 cm³/mol. The number of phenolic OH excluding ortho intramolecular Hbond substituents is 1. The molecule has 0 aliphatic carbocycles. The molecule has 0 saturated carbocycles. The number of nitrogens with zero attached hydrogens (tertiary/aromatic N) is 3. The van der Waals surface area contributed by atoms with E-state index in [1.165, 1.54) is 22.3 Å². The Bertz CT molecular complexity index is 2700. The van der Waals surface area contributed by atoms with Gasteiger partial charge in [0.15, 0.2) is 0 Å². The van der Waals surface area contributed by atoms with E-state index < -0.39 is 0 Å². The number of para-hydroxylation sites is 1. The van der Waals surface area contributed by atoms with Crippen LogP contribution in [0.5, 0.6) is 5.75 Å². The first-order valence-corrected chi connectivity index (χ1v) is 19.6. The lowest BCUT2D eigenvalue weighted by molar-refractivity contribution is 0.472. The summed E-state index contributed by atoms with van der Waals surface area (Å²) in [5.41, 5.74) is 16.7. The van der Waals surface area contributed by atoms with Crippen LogP contribution in [0.2, 0.25) is 0 Å². The topological polar surface area (TPSA) is 50.9 Å². The Morgan fingerprint density at radius 2 is 1.34 bits per heavy atom. The number of hydrogen-bond donors (Lipinski definition) is 1. The van der Waals surface area contributed by atoms with E-state index in [0.29, 0.717) is 17.3 Å². The Morgan fingerprint density at radius 1 is 0.625 bits per heavy atom. The van der Waals surface area contributed by atoms with Gasteiger partial charge in [-0.3, -0.25) is 9.55 Å². The van der Waals surface area contributed by atoms with Crippen molar-refractivity contribution < 1.29 is 5.11 Å². The van der Waals surface area contributed by atoms with Crippen molar-refractivity contribution in [1.82, 2.24) is 14.5 Å².